The third-order valence-corrected chi connectivity index (χ3v) is 4.83. The van der Waals surface area contributed by atoms with E-state index in [-0.39, 0.29) is 5.91 Å². The monoisotopic (exact) mass is 372 g/mol. The molecule has 5 heteroatoms. The van der Waals surface area contributed by atoms with Gasteiger partial charge in [-0.2, -0.15) is 0 Å². The fraction of sp³-hybridized carbons (Fsp3) is 0.381. The third-order valence-electron chi connectivity index (χ3n) is 4.58. The maximum Gasteiger partial charge on any atom is 0.268 e. The van der Waals surface area contributed by atoms with E-state index < -0.39 is 5.60 Å². The average Bonchev–Trinajstić information content (AvgIpc) is 2.64. The topological polar surface area (TPSA) is 41.6 Å². The van der Waals surface area contributed by atoms with Crippen LogP contribution in [-0.2, 0) is 4.79 Å². The van der Waals surface area contributed by atoms with Crippen molar-refractivity contribution in [3.63, 3.8) is 0 Å². The van der Waals surface area contributed by atoms with Crippen molar-refractivity contribution >= 4 is 28.9 Å². The summed E-state index contributed by atoms with van der Waals surface area (Å²) in [6, 6.07) is 15.0. The first-order valence-electron chi connectivity index (χ1n) is 9.06. The van der Waals surface area contributed by atoms with Gasteiger partial charge in [0.05, 0.1) is 11.4 Å². The van der Waals surface area contributed by atoms with Gasteiger partial charge in [-0.3, -0.25) is 4.79 Å². The smallest absolute Gasteiger partial charge is 0.268 e. The van der Waals surface area contributed by atoms with Gasteiger partial charge in [-0.15, -0.1) is 0 Å². The Hall–Kier alpha value is -2.20. The van der Waals surface area contributed by atoms with Crippen LogP contribution in [0.5, 0.6) is 5.75 Å². The average molecular weight is 373 g/mol. The molecule has 0 saturated carbocycles. The van der Waals surface area contributed by atoms with Crippen LogP contribution in [0.25, 0.3) is 0 Å². The van der Waals surface area contributed by atoms with E-state index in [9.17, 15) is 4.79 Å². The number of nitrogens with one attached hydrogen (secondary N) is 1. The van der Waals surface area contributed by atoms with Crippen LogP contribution < -0.4 is 15.0 Å². The lowest BCUT2D eigenvalue weighted by Crippen LogP contribution is -2.43. The fourth-order valence-corrected chi connectivity index (χ4v) is 3.23. The molecule has 0 aliphatic carbocycles. The molecule has 138 valence electrons. The first-order chi connectivity index (χ1) is 12.5. The SMILES string of the molecule is CC(C)(Oc1ccc(Cl)cc1)C(=O)Nc1ccccc1N1CCCCC1. The molecule has 1 aliphatic rings. The Kier molecular flexibility index (Phi) is 5.72. The number of carbonyl (C=O) groups excluding carboxylic acids is 1. The highest BCUT2D eigenvalue weighted by Gasteiger charge is 2.31. The van der Waals surface area contributed by atoms with Crippen molar-refractivity contribution in [2.75, 3.05) is 23.3 Å². The van der Waals surface area contributed by atoms with Gasteiger partial charge in [0, 0.05) is 18.1 Å². The van der Waals surface area contributed by atoms with Crippen LogP contribution in [0.2, 0.25) is 5.02 Å². The molecule has 0 atom stereocenters. The lowest BCUT2D eigenvalue weighted by atomic mass is 10.1. The van der Waals surface area contributed by atoms with Crippen molar-refractivity contribution in [3.05, 3.63) is 53.6 Å². The maximum atomic E-state index is 12.9. The summed E-state index contributed by atoms with van der Waals surface area (Å²) in [5.41, 5.74) is 0.887. The van der Waals surface area contributed by atoms with Gasteiger partial charge >= 0.3 is 0 Å². The zero-order chi connectivity index (χ0) is 18.6. The lowest BCUT2D eigenvalue weighted by molar-refractivity contribution is -0.128. The molecular formula is C21H25ClN2O2. The van der Waals surface area contributed by atoms with Gasteiger partial charge in [0.1, 0.15) is 5.75 Å². The summed E-state index contributed by atoms with van der Waals surface area (Å²) in [5, 5.41) is 3.68. The predicted octanol–water partition coefficient (Wildman–Crippen LogP) is 5.13. The predicted molar refractivity (Wildman–Crippen MR) is 107 cm³/mol. The number of piperidine rings is 1. The van der Waals surface area contributed by atoms with Crippen LogP contribution >= 0.6 is 11.6 Å². The fourth-order valence-electron chi connectivity index (χ4n) is 3.11. The number of amides is 1. The molecule has 2 aromatic carbocycles. The van der Waals surface area contributed by atoms with Crippen LogP contribution in [0, 0.1) is 0 Å². The highest BCUT2D eigenvalue weighted by Crippen LogP contribution is 2.29. The Morgan fingerprint density at radius 1 is 1.04 bits per heavy atom. The number of benzene rings is 2. The molecule has 2 aromatic rings. The van der Waals surface area contributed by atoms with Crippen molar-refractivity contribution in [3.8, 4) is 5.75 Å². The number of anilines is 2. The van der Waals surface area contributed by atoms with Crippen molar-refractivity contribution < 1.29 is 9.53 Å². The second-order valence-electron chi connectivity index (χ2n) is 7.09. The van der Waals surface area contributed by atoms with E-state index in [2.05, 4.69) is 16.3 Å². The van der Waals surface area contributed by atoms with Gasteiger partial charge < -0.3 is 15.0 Å². The van der Waals surface area contributed by atoms with E-state index in [0.717, 1.165) is 24.5 Å². The normalized spacial score (nSPS) is 14.8. The molecule has 1 amide bonds. The summed E-state index contributed by atoms with van der Waals surface area (Å²) in [4.78, 5) is 15.2. The van der Waals surface area contributed by atoms with E-state index in [0.29, 0.717) is 10.8 Å². The van der Waals surface area contributed by atoms with Gasteiger partial charge in [0.25, 0.3) is 5.91 Å². The van der Waals surface area contributed by atoms with Crippen molar-refractivity contribution in [1.82, 2.24) is 0 Å². The summed E-state index contributed by atoms with van der Waals surface area (Å²) >= 11 is 5.90. The second-order valence-corrected chi connectivity index (χ2v) is 7.52. The molecule has 3 rings (SSSR count). The Morgan fingerprint density at radius 3 is 2.38 bits per heavy atom. The summed E-state index contributed by atoms with van der Waals surface area (Å²) in [5.74, 6) is 0.427. The van der Waals surface area contributed by atoms with Gasteiger partial charge in [0.2, 0.25) is 0 Å². The first kappa shape index (κ1) is 18.6. The standard InChI is InChI=1S/C21H25ClN2O2/c1-21(2,26-17-12-10-16(22)11-13-17)20(25)23-18-8-4-5-9-19(18)24-14-6-3-7-15-24/h4-5,8-13H,3,6-7,14-15H2,1-2H3,(H,23,25). The summed E-state index contributed by atoms with van der Waals surface area (Å²) < 4.78 is 5.89. The van der Waals surface area contributed by atoms with E-state index in [4.69, 9.17) is 16.3 Å². The number of hydrogen-bond acceptors (Lipinski definition) is 3. The van der Waals surface area contributed by atoms with Crippen molar-refractivity contribution in [1.29, 1.82) is 0 Å². The zero-order valence-corrected chi connectivity index (χ0v) is 16.1. The van der Waals surface area contributed by atoms with Crippen LogP contribution in [-0.4, -0.2) is 24.6 Å². The number of carbonyl (C=O) groups is 1. The van der Waals surface area contributed by atoms with Gasteiger partial charge in [0.15, 0.2) is 5.60 Å². The number of nitrogens with zero attached hydrogens (tertiary/aromatic N) is 1. The largest absolute Gasteiger partial charge is 0.478 e. The molecule has 1 aliphatic heterocycles. The van der Waals surface area contributed by atoms with Crippen LogP contribution in [0.4, 0.5) is 11.4 Å². The molecule has 26 heavy (non-hydrogen) atoms. The minimum Gasteiger partial charge on any atom is -0.478 e. The molecule has 0 unspecified atom stereocenters. The highest BCUT2D eigenvalue weighted by molar-refractivity contribution is 6.30. The molecular weight excluding hydrogens is 348 g/mol. The highest BCUT2D eigenvalue weighted by atomic mass is 35.5. The number of halogens is 1. The Bertz CT molecular complexity index is 753. The van der Waals surface area contributed by atoms with E-state index in [1.165, 1.54) is 19.3 Å². The molecule has 1 N–H and O–H groups in total. The first-order valence-corrected chi connectivity index (χ1v) is 9.43. The zero-order valence-electron chi connectivity index (χ0n) is 15.3. The van der Waals surface area contributed by atoms with E-state index in [1.54, 1.807) is 38.1 Å². The third kappa shape index (κ3) is 4.50. The quantitative estimate of drug-likeness (QED) is 0.791. The number of para-hydroxylation sites is 2. The molecule has 0 spiro atoms. The Morgan fingerprint density at radius 2 is 1.69 bits per heavy atom. The van der Waals surface area contributed by atoms with Crippen molar-refractivity contribution in [2.24, 2.45) is 0 Å². The van der Waals surface area contributed by atoms with Gasteiger partial charge in [-0.05, 0) is 69.5 Å². The Balaban J connectivity index is 1.73. The van der Waals surface area contributed by atoms with E-state index >= 15 is 0 Å². The van der Waals surface area contributed by atoms with Crippen molar-refractivity contribution in [2.45, 2.75) is 38.7 Å². The lowest BCUT2D eigenvalue weighted by Gasteiger charge is -2.31. The summed E-state index contributed by atoms with van der Waals surface area (Å²) in [6.45, 7) is 5.58. The van der Waals surface area contributed by atoms with E-state index in [1.807, 2.05) is 18.2 Å². The van der Waals surface area contributed by atoms with Gasteiger partial charge in [-0.1, -0.05) is 23.7 Å². The summed E-state index contributed by atoms with van der Waals surface area (Å²) in [7, 11) is 0. The van der Waals surface area contributed by atoms with Crippen LogP contribution in [0.15, 0.2) is 48.5 Å². The number of ether oxygens (including phenoxy) is 1. The molecule has 1 fully saturated rings. The molecule has 0 bridgehead atoms. The maximum absolute atomic E-state index is 12.9. The number of hydrogen-bond donors (Lipinski definition) is 1. The summed E-state index contributed by atoms with van der Waals surface area (Å²) in [6.07, 6.45) is 3.65. The minimum absolute atomic E-state index is 0.183. The van der Waals surface area contributed by atoms with Crippen LogP contribution in [0.1, 0.15) is 33.1 Å². The van der Waals surface area contributed by atoms with Crippen LogP contribution in [0.3, 0.4) is 0 Å². The Labute approximate surface area is 160 Å². The molecule has 0 radical (unpaired) electrons. The molecule has 1 saturated heterocycles. The van der Waals surface area contributed by atoms with Gasteiger partial charge in [-0.25, -0.2) is 0 Å². The molecule has 0 aromatic heterocycles. The number of rotatable bonds is 5. The minimum atomic E-state index is -1.01. The second kappa shape index (κ2) is 8.00. The molecule has 1 heterocycles. The molecule has 4 nitrogen and oxygen atoms in total.